The lowest BCUT2D eigenvalue weighted by molar-refractivity contribution is 0.419. The monoisotopic (exact) mass is 251 g/mol. The quantitative estimate of drug-likeness (QED) is 0.911. The normalized spacial score (nSPS) is 10.8. The first kappa shape index (κ1) is 12.0. The van der Waals surface area contributed by atoms with Crippen molar-refractivity contribution in [2.24, 2.45) is 0 Å². The number of benzene rings is 1. The van der Waals surface area contributed by atoms with Gasteiger partial charge in [0.1, 0.15) is 5.75 Å². The van der Waals surface area contributed by atoms with Crippen LogP contribution in [0.3, 0.4) is 0 Å². The van der Waals surface area contributed by atoms with Gasteiger partial charge in [-0.25, -0.2) is 0 Å². The first-order valence-corrected chi connectivity index (χ1v) is 5.93. The van der Waals surface area contributed by atoms with E-state index < -0.39 is 0 Å². The third kappa shape index (κ3) is 2.15. The Kier molecular flexibility index (Phi) is 3.38. The van der Waals surface area contributed by atoms with Gasteiger partial charge in [-0.05, 0) is 18.6 Å². The molecule has 1 N–H and O–H groups in total. The summed E-state index contributed by atoms with van der Waals surface area (Å²) in [6.07, 6.45) is 1.81. The predicted molar refractivity (Wildman–Crippen MR) is 70.1 cm³/mol. The minimum atomic E-state index is -0.0638. The van der Waals surface area contributed by atoms with Crippen molar-refractivity contribution in [1.82, 2.24) is 4.98 Å². The van der Waals surface area contributed by atoms with Crippen molar-refractivity contribution in [3.63, 3.8) is 0 Å². The Balaban J connectivity index is 2.80. The molecule has 0 bridgehead atoms. The lowest BCUT2D eigenvalue weighted by atomic mass is 10.1. The molecule has 2 rings (SSSR count). The van der Waals surface area contributed by atoms with Crippen LogP contribution in [-0.2, 0) is 6.42 Å². The van der Waals surface area contributed by atoms with Crippen LogP contribution in [0.1, 0.15) is 19.0 Å². The fraction of sp³-hybridized carbons (Fsp3) is 0.308. The molecule has 1 aromatic carbocycles. The molecule has 0 aliphatic heterocycles. The van der Waals surface area contributed by atoms with Crippen molar-refractivity contribution in [3.05, 3.63) is 39.1 Å². The number of nitrogens with one attached hydrogen (secondary N) is 1. The van der Waals surface area contributed by atoms with Gasteiger partial charge in [-0.15, -0.1) is 0 Å². The van der Waals surface area contributed by atoms with Crippen molar-refractivity contribution >= 4 is 22.5 Å². The van der Waals surface area contributed by atoms with Crippen molar-refractivity contribution in [3.8, 4) is 5.75 Å². The SMILES string of the molecule is CCCc1cc(=O)c2c(Cl)ccc(OC)c2[nH]1. The number of methoxy groups -OCH3 is 1. The standard InChI is InChI=1S/C13H14ClNO2/c1-3-4-8-7-10(16)12-9(14)5-6-11(17-2)13(12)15-8/h5-7H,3-4H2,1-2H3,(H,15,16). The molecule has 0 saturated heterocycles. The lowest BCUT2D eigenvalue weighted by Gasteiger charge is -2.08. The van der Waals surface area contributed by atoms with Gasteiger partial charge in [0.2, 0.25) is 0 Å². The Bertz CT molecular complexity index is 604. The molecule has 17 heavy (non-hydrogen) atoms. The summed E-state index contributed by atoms with van der Waals surface area (Å²) in [6.45, 7) is 2.07. The van der Waals surface area contributed by atoms with Gasteiger partial charge in [-0.3, -0.25) is 4.79 Å². The zero-order valence-electron chi connectivity index (χ0n) is 9.84. The van der Waals surface area contributed by atoms with Crippen LogP contribution in [0.25, 0.3) is 10.9 Å². The summed E-state index contributed by atoms with van der Waals surface area (Å²) in [6, 6.07) is 5.05. The summed E-state index contributed by atoms with van der Waals surface area (Å²) in [4.78, 5) is 15.2. The number of halogens is 1. The summed E-state index contributed by atoms with van der Waals surface area (Å²) in [7, 11) is 1.58. The molecule has 0 aliphatic rings. The van der Waals surface area contributed by atoms with Crippen molar-refractivity contribution in [2.45, 2.75) is 19.8 Å². The molecule has 2 aromatic rings. The number of H-pyrrole nitrogens is 1. The summed E-state index contributed by atoms with van der Waals surface area (Å²) in [5.41, 5.74) is 1.52. The molecule has 0 atom stereocenters. The van der Waals surface area contributed by atoms with Gasteiger partial charge in [0, 0.05) is 11.8 Å². The summed E-state index contributed by atoms with van der Waals surface area (Å²) >= 11 is 6.05. The summed E-state index contributed by atoms with van der Waals surface area (Å²) < 4.78 is 5.24. The van der Waals surface area contributed by atoms with Crippen LogP contribution in [0.2, 0.25) is 5.02 Å². The van der Waals surface area contributed by atoms with Crippen LogP contribution in [0.4, 0.5) is 0 Å². The van der Waals surface area contributed by atoms with Crippen LogP contribution in [0, 0.1) is 0 Å². The number of ether oxygens (including phenoxy) is 1. The van der Waals surface area contributed by atoms with E-state index >= 15 is 0 Å². The molecule has 90 valence electrons. The van der Waals surface area contributed by atoms with E-state index in [1.807, 2.05) is 0 Å². The smallest absolute Gasteiger partial charge is 0.191 e. The van der Waals surface area contributed by atoms with Gasteiger partial charge in [-0.1, -0.05) is 24.9 Å². The molecule has 0 radical (unpaired) electrons. The van der Waals surface area contributed by atoms with E-state index in [4.69, 9.17) is 16.3 Å². The number of hydrogen-bond acceptors (Lipinski definition) is 2. The fourth-order valence-electron chi connectivity index (χ4n) is 1.92. The number of rotatable bonds is 3. The Morgan fingerprint density at radius 2 is 2.18 bits per heavy atom. The maximum absolute atomic E-state index is 12.0. The Morgan fingerprint density at radius 1 is 1.41 bits per heavy atom. The van der Waals surface area contributed by atoms with E-state index in [-0.39, 0.29) is 5.43 Å². The highest BCUT2D eigenvalue weighted by molar-refractivity contribution is 6.35. The van der Waals surface area contributed by atoms with Crippen molar-refractivity contribution in [1.29, 1.82) is 0 Å². The van der Waals surface area contributed by atoms with Crippen LogP contribution >= 0.6 is 11.6 Å². The van der Waals surface area contributed by atoms with Gasteiger partial charge in [0.25, 0.3) is 0 Å². The number of aryl methyl sites for hydroxylation is 1. The molecule has 0 fully saturated rings. The molecule has 0 unspecified atom stereocenters. The fourth-order valence-corrected chi connectivity index (χ4v) is 2.17. The molecule has 4 heteroatoms. The lowest BCUT2D eigenvalue weighted by Crippen LogP contribution is -2.06. The highest BCUT2D eigenvalue weighted by atomic mass is 35.5. The van der Waals surface area contributed by atoms with Gasteiger partial charge >= 0.3 is 0 Å². The molecule has 1 aromatic heterocycles. The second-order valence-electron chi connectivity index (χ2n) is 3.91. The van der Waals surface area contributed by atoms with E-state index in [1.54, 1.807) is 25.3 Å². The first-order valence-electron chi connectivity index (χ1n) is 5.55. The van der Waals surface area contributed by atoms with Crippen LogP contribution in [0.5, 0.6) is 5.75 Å². The number of fused-ring (bicyclic) bond motifs is 1. The van der Waals surface area contributed by atoms with Gasteiger partial charge in [-0.2, -0.15) is 0 Å². The molecule has 0 amide bonds. The highest BCUT2D eigenvalue weighted by Crippen LogP contribution is 2.27. The number of pyridine rings is 1. The zero-order valence-corrected chi connectivity index (χ0v) is 10.6. The van der Waals surface area contributed by atoms with E-state index in [9.17, 15) is 4.79 Å². The zero-order chi connectivity index (χ0) is 12.4. The highest BCUT2D eigenvalue weighted by Gasteiger charge is 2.10. The van der Waals surface area contributed by atoms with Gasteiger partial charge in [0.15, 0.2) is 5.43 Å². The topological polar surface area (TPSA) is 42.1 Å². The summed E-state index contributed by atoms with van der Waals surface area (Å²) in [5, 5.41) is 0.941. The third-order valence-electron chi connectivity index (χ3n) is 2.69. The van der Waals surface area contributed by atoms with Crippen molar-refractivity contribution < 1.29 is 4.74 Å². The number of aromatic nitrogens is 1. The Labute approximate surface area is 104 Å². The van der Waals surface area contributed by atoms with Crippen LogP contribution in [-0.4, -0.2) is 12.1 Å². The molecule has 0 aliphatic carbocycles. The molecule has 0 saturated carbocycles. The molecular weight excluding hydrogens is 238 g/mol. The maximum atomic E-state index is 12.0. The Morgan fingerprint density at radius 3 is 2.82 bits per heavy atom. The van der Waals surface area contributed by atoms with E-state index in [0.29, 0.717) is 21.7 Å². The van der Waals surface area contributed by atoms with Gasteiger partial charge < -0.3 is 9.72 Å². The molecule has 1 heterocycles. The maximum Gasteiger partial charge on any atom is 0.191 e. The number of hydrogen-bond donors (Lipinski definition) is 1. The average molecular weight is 252 g/mol. The van der Waals surface area contributed by atoms with Crippen LogP contribution < -0.4 is 10.2 Å². The van der Waals surface area contributed by atoms with Crippen molar-refractivity contribution in [2.75, 3.05) is 7.11 Å². The van der Waals surface area contributed by atoms with E-state index in [1.165, 1.54) is 0 Å². The minimum absolute atomic E-state index is 0.0638. The number of aromatic amines is 1. The average Bonchev–Trinajstić information content (AvgIpc) is 2.29. The van der Waals surface area contributed by atoms with Gasteiger partial charge in [0.05, 0.1) is 23.0 Å². The molecular formula is C13H14ClNO2. The van der Waals surface area contributed by atoms with Crippen LogP contribution in [0.15, 0.2) is 23.0 Å². The first-order chi connectivity index (χ1) is 8.17. The Hall–Kier alpha value is -1.48. The summed E-state index contributed by atoms with van der Waals surface area (Å²) in [5.74, 6) is 0.638. The second kappa shape index (κ2) is 4.80. The molecule has 3 nitrogen and oxygen atoms in total. The largest absolute Gasteiger partial charge is 0.495 e. The van der Waals surface area contributed by atoms with E-state index in [2.05, 4.69) is 11.9 Å². The minimum Gasteiger partial charge on any atom is -0.495 e. The third-order valence-corrected chi connectivity index (χ3v) is 3.01. The predicted octanol–water partition coefficient (Wildman–Crippen LogP) is 3.14. The van der Waals surface area contributed by atoms with E-state index in [0.717, 1.165) is 18.5 Å². The molecule has 0 spiro atoms. The second-order valence-corrected chi connectivity index (χ2v) is 4.32.